The third-order valence-corrected chi connectivity index (χ3v) is 6.03. The van der Waals surface area contributed by atoms with Crippen LogP contribution in [-0.2, 0) is 10.9 Å². The number of nitrogens with zero attached hydrogens (tertiary/aromatic N) is 5. The van der Waals surface area contributed by atoms with E-state index in [1.165, 1.54) is 12.4 Å². The van der Waals surface area contributed by atoms with Gasteiger partial charge < -0.3 is 10.1 Å². The van der Waals surface area contributed by atoms with E-state index in [4.69, 9.17) is 4.74 Å². The first-order valence-corrected chi connectivity index (χ1v) is 10.4. The second kappa shape index (κ2) is 8.91. The van der Waals surface area contributed by atoms with Crippen molar-refractivity contribution in [1.29, 1.82) is 0 Å². The number of alkyl halides is 3. The maximum Gasteiger partial charge on any atom is 0.435 e. The molecule has 168 valence electrons. The fourth-order valence-electron chi connectivity index (χ4n) is 4.45. The summed E-state index contributed by atoms with van der Waals surface area (Å²) in [5.41, 5.74) is -2.04. The molecule has 0 atom stereocenters. The number of rotatable bonds is 5. The summed E-state index contributed by atoms with van der Waals surface area (Å²) in [6, 6.07) is 1.54. The van der Waals surface area contributed by atoms with Crippen LogP contribution >= 0.6 is 0 Å². The number of hydrogen-bond donors (Lipinski definition) is 1. The van der Waals surface area contributed by atoms with Gasteiger partial charge in [0.25, 0.3) is 5.91 Å². The predicted molar refractivity (Wildman–Crippen MR) is 105 cm³/mol. The Kier molecular flexibility index (Phi) is 6.24. The minimum Gasteiger partial charge on any atom is -0.379 e. The van der Waals surface area contributed by atoms with Gasteiger partial charge in [-0.05, 0) is 18.9 Å². The molecule has 2 aromatic heterocycles. The molecular weight excluding hydrogens is 413 g/mol. The van der Waals surface area contributed by atoms with Gasteiger partial charge in [0.15, 0.2) is 5.69 Å². The molecule has 2 fully saturated rings. The molecule has 2 aromatic rings. The lowest BCUT2D eigenvalue weighted by atomic mass is 9.79. The smallest absolute Gasteiger partial charge is 0.379 e. The van der Waals surface area contributed by atoms with Crippen LogP contribution in [0.3, 0.4) is 0 Å². The molecule has 4 rings (SSSR count). The first-order chi connectivity index (χ1) is 14.9. The van der Waals surface area contributed by atoms with Crippen molar-refractivity contribution < 1.29 is 22.7 Å². The Hall–Kier alpha value is -2.53. The molecule has 0 radical (unpaired) electrons. The Balaban J connectivity index is 1.56. The molecule has 31 heavy (non-hydrogen) atoms. The van der Waals surface area contributed by atoms with E-state index in [0.717, 1.165) is 56.1 Å². The molecule has 1 saturated carbocycles. The number of aromatic nitrogens is 4. The van der Waals surface area contributed by atoms with Gasteiger partial charge in [0, 0.05) is 43.8 Å². The zero-order valence-electron chi connectivity index (χ0n) is 17.1. The summed E-state index contributed by atoms with van der Waals surface area (Å²) in [5, 5.41) is 6.32. The lowest BCUT2D eigenvalue weighted by molar-refractivity contribution is -0.141. The summed E-state index contributed by atoms with van der Waals surface area (Å²) in [4.78, 5) is 23.0. The van der Waals surface area contributed by atoms with E-state index in [1.54, 1.807) is 6.07 Å². The van der Waals surface area contributed by atoms with E-state index in [9.17, 15) is 18.0 Å². The maximum atomic E-state index is 13.6. The Morgan fingerprint density at radius 3 is 2.45 bits per heavy atom. The number of halogens is 3. The van der Waals surface area contributed by atoms with Gasteiger partial charge in [-0.25, -0.2) is 14.6 Å². The second-order valence-electron chi connectivity index (χ2n) is 7.95. The summed E-state index contributed by atoms with van der Waals surface area (Å²) in [7, 11) is 0. The summed E-state index contributed by atoms with van der Waals surface area (Å²) in [5.74, 6) is -0.836. The minimum atomic E-state index is -4.78. The van der Waals surface area contributed by atoms with Crippen LogP contribution in [0, 0.1) is 0 Å². The monoisotopic (exact) mass is 438 g/mol. The van der Waals surface area contributed by atoms with Crippen molar-refractivity contribution in [3.8, 4) is 5.95 Å². The Morgan fingerprint density at radius 1 is 1.13 bits per heavy atom. The Bertz CT molecular complexity index is 890. The first-order valence-electron chi connectivity index (χ1n) is 10.4. The van der Waals surface area contributed by atoms with Crippen LogP contribution < -0.4 is 5.32 Å². The van der Waals surface area contributed by atoms with Gasteiger partial charge in [-0.2, -0.15) is 18.3 Å². The van der Waals surface area contributed by atoms with Crippen molar-refractivity contribution in [2.45, 2.75) is 43.8 Å². The number of hydrogen-bond acceptors (Lipinski definition) is 6. The van der Waals surface area contributed by atoms with Gasteiger partial charge in [-0.15, -0.1) is 0 Å². The number of ether oxygens (including phenoxy) is 1. The molecule has 0 unspecified atom stereocenters. The van der Waals surface area contributed by atoms with Gasteiger partial charge >= 0.3 is 6.18 Å². The fraction of sp³-hybridized carbons (Fsp3) is 0.600. The quantitative estimate of drug-likeness (QED) is 0.772. The van der Waals surface area contributed by atoms with Crippen molar-refractivity contribution in [1.82, 2.24) is 30.0 Å². The zero-order valence-corrected chi connectivity index (χ0v) is 17.1. The number of carbonyl (C=O) groups excluding carboxylic acids is 1. The average molecular weight is 438 g/mol. The van der Waals surface area contributed by atoms with Crippen LogP contribution in [0.2, 0.25) is 0 Å². The van der Waals surface area contributed by atoms with Crippen LogP contribution in [0.15, 0.2) is 24.7 Å². The van der Waals surface area contributed by atoms with E-state index in [1.807, 2.05) is 0 Å². The highest BCUT2D eigenvalue weighted by Crippen LogP contribution is 2.35. The molecule has 1 saturated heterocycles. The third-order valence-electron chi connectivity index (χ3n) is 6.03. The van der Waals surface area contributed by atoms with Gasteiger partial charge in [-0.1, -0.05) is 19.3 Å². The Morgan fingerprint density at radius 2 is 1.81 bits per heavy atom. The molecule has 8 nitrogen and oxygen atoms in total. The molecular formula is C20H25F3N6O2. The maximum absolute atomic E-state index is 13.6. The highest BCUT2D eigenvalue weighted by atomic mass is 19.4. The summed E-state index contributed by atoms with van der Waals surface area (Å²) in [6.07, 6.45) is 4.04. The molecule has 1 aliphatic carbocycles. The molecule has 3 heterocycles. The second-order valence-corrected chi connectivity index (χ2v) is 7.95. The van der Waals surface area contributed by atoms with Crippen LogP contribution in [-0.4, -0.2) is 68.9 Å². The van der Waals surface area contributed by atoms with E-state index in [2.05, 4.69) is 25.3 Å². The lowest BCUT2D eigenvalue weighted by Gasteiger charge is -2.48. The predicted octanol–water partition coefficient (Wildman–Crippen LogP) is 2.45. The molecule has 1 amide bonds. The van der Waals surface area contributed by atoms with Gasteiger partial charge in [0.2, 0.25) is 5.95 Å². The average Bonchev–Trinajstić information content (AvgIpc) is 3.26. The largest absolute Gasteiger partial charge is 0.435 e. The van der Waals surface area contributed by atoms with E-state index in [0.29, 0.717) is 13.2 Å². The van der Waals surface area contributed by atoms with Crippen LogP contribution in [0.25, 0.3) is 5.95 Å². The lowest BCUT2D eigenvalue weighted by Crippen LogP contribution is -2.59. The molecule has 0 aromatic carbocycles. The van der Waals surface area contributed by atoms with Gasteiger partial charge in [0.1, 0.15) is 0 Å². The SMILES string of the molecule is O=C(NCC1(N2CCOCC2)CCCCC1)c1cn(-c2ncccn2)nc1C(F)(F)F. The number of amides is 1. The van der Waals surface area contributed by atoms with Crippen LogP contribution in [0.4, 0.5) is 13.2 Å². The third kappa shape index (κ3) is 4.72. The zero-order chi connectivity index (χ0) is 21.9. The molecule has 1 N–H and O–H groups in total. The van der Waals surface area contributed by atoms with Gasteiger partial charge in [-0.3, -0.25) is 9.69 Å². The van der Waals surface area contributed by atoms with E-state index < -0.39 is 23.3 Å². The van der Waals surface area contributed by atoms with Crippen LogP contribution in [0.5, 0.6) is 0 Å². The summed E-state index contributed by atoms with van der Waals surface area (Å²) in [6.45, 7) is 3.05. The topological polar surface area (TPSA) is 85.2 Å². The van der Waals surface area contributed by atoms with Crippen molar-refractivity contribution in [3.05, 3.63) is 35.9 Å². The molecule has 0 bridgehead atoms. The fourth-order valence-corrected chi connectivity index (χ4v) is 4.45. The van der Waals surface area contributed by atoms with Crippen molar-refractivity contribution in [2.24, 2.45) is 0 Å². The minimum absolute atomic E-state index is 0.0379. The highest BCUT2D eigenvalue weighted by molar-refractivity contribution is 5.95. The van der Waals surface area contributed by atoms with Crippen molar-refractivity contribution in [3.63, 3.8) is 0 Å². The van der Waals surface area contributed by atoms with E-state index in [-0.39, 0.29) is 18.0 Å². The molecule has 11 heteroatoms. The normalized spacial score (nSPS) is 19.8. The van der Waals surface area contributed by atoms with Crippen LogP contribution in [0.1, 0.15) is 48.2 Å². The number of morpholine rings is 1. The summed E-state index contributed by atoms with van der Waals surface area (Å²) < 4.78 is 47.1. The standard InChI is InChI=1S/C20H25F3N6O2/c21-20(22,23)16-15(13-29(27-16)18-24-7-4-8-25-18)17(30)26-14-19(5-2-1-3-6-19)28-9-11-31-12-10-28/h4,7-8,13H,1-3,5-6,9-12,14H2,(H,26,30). The molecule has 2 aliphatic rings. The van der Waals surface area contributed by atoms with Crippen molar-refractivity contribution >= 4 is 5.91 Å². The highest BCUT2D eigenvalue weighted by Gasteiger charge is 2.42. The van der Waals surface area contributed by atoms with Crippen molar-refractivity contribution in [2.75, 3.05) is 32.8 Å². The van der Waals surface area contributed by atoms with E-state index >= 15 is 0 Å². The molecule has 1 aliphatic heterocycles. The Labute approximate surface area is 177 Å². The summed E-state index contributed by atoms with van der Waals surface area (Å²) >= 11 is 0. The van der Waals surface area contributed by atoms with Gasteiger partial charge in [0.05, 0.1) is 18.8 Å². The first kappa shape index (κ1) is 21.7. The number of nitrogens with one attached hydrogen (secondary N) is 1. The number of carbonyl (C=O) groups is 1. The molecule has 0 spiro atoms.